The van der Waals surface area contributed by atoms with Crippen LogP contribution in [0.2, 0.25) is 0 Å². The third-order valence-electron chi connectivity index (χ3n) is 1.92. The maximum Gasteiger partial charge on any atom is 0.249 e. The summed E-state index contributed by atoms with van der Waals surface area (Å²) in [7, 11) is 0. The highest BCUT2D eigenvalue weighted by Crippen LogP contribution is 2.19. The predicted molar refractivity (Wildman–Crippen MR) is 61.8 cm³/mol. The van der Waals surface area contributed by atoms with Gasteiger partial charge in [-0.05, 0) is 46.2 Å². The lowest BCUT2D eigenvalue weighted by Crippen LogP contribution is -2.13. The summed E-state index contributed by atoms with van der Waals surface area (Å²) in [4.78, 5) is 11.0. The highest BCUT2D eigenvalue weighted by molar-refractivity contribution is 14.1. The molecule has 3 heteroatoms. The molecule has 0 aromatic heterocycles. The molecule has 1 aromatic rings. The molecular formula is C10H12INO. The number of carbonyl (C=O) groups is 1. The van der Waals surface area contributed by atoms with Crippen molar-refractivity contribution in [1.29, 1.82) is 0 Å². The first-order chi connectivity index (χ1) is 6.02. The van der Waals surface area contributed by atoms with Crippen LogP contribution in [0.4, 0.5) is 0 Å². The van der Waals surface area contributed by atoms with Crippen molar-refractivity contribution in [2.24, 2.45) is 5.73 Å². The van der Waals surface area contributed by atoms with Crippen LogP contribution in [0.1, 0.15) is 35.7 Å². The summed E-state index contributed by atoms with van der Waals surface area (Å²) < 4.78 is 0.912. The van der Waals surface area contributed by atoms with Gasteiger partial charge in [-0.3, -0.25) is 4.79 Å². The quantitative estimate of drug-likeness (QED) is 0.835. The molecule has 2 N–H and O–H groups in total. The van der Waals surface area contributed by atoms with Crippen molar-refractivity contribution in [3.8, 4) is 0 Å². The topological polar surface area (TPSA) is 43.1 Å². The van der Waals surface area contributed by atoms with Gasteiger partial charge in [0.25, 0.3) is 0 Å². The van der Waals surface area contributed by atoms with E-state index in [-0.39, 0.29) is 5.91 Å². The molecule has 0 aliphatic rings. The Morgan fingerprint density at radius 1 is 1.46 bits per heavy atom. The summed E-state index contributed by atoms with van der Waals surface area (Å²) in [6.07, 6.45) is 0. The second-order valence-electron chi connectivity index (χ2n) is 3.26. The van der Waals surface area contributed by atoms with Crippen LogP contribution in [0.3, 0.4) is 0 Å². The fourth-order valence-corrected chi connectivity index (χ4v) is 1.69. The molecule has 0 atom stereocenters. The molecule has 0 saturated heterocycles. The van der Waals surface area contributed by atoms with E-state index in [0.717, 1.165) is 9.13 Å². The molecule has 70 valence electrons. The second-order valence-corrected chi connectivity index (χ2v) is 4.42. The summed E-state index contributed by atoms with van der Waals surface area (Å²) in [6, 6.07) is 5.82. The fraction of sp³-hybridized carbons (Fsp3) is 0.300. The molecule has 2 nitrogen and oxygen atoms in total. The molecule has 0 aliphatic heterocycles. The molecule has 13 heavy (non-hydrogen) atoms. The number of hydrogen-bond donors (Lipinski definition) is 1. The SMILES string of the molecule is CC(C)c1ccc(I)c(C(N)=O)c1. The minimum absolute atomic E-state index is 0.355. The fourth-order valence-electron chi connectivity index (χ4n) is 1.09. The summed E-state index contributed by atoms with van der Waals surface area (Å²) in [5.41, 5.74) is 7.00. The largest absolute Gasteiger partial charge is 0.366 e. The van der Waals surface area contributed by atoms with Gasteiger partial charge in [-0.25, -0.2) is 0 Å². The Balaban J connectivity index is 3.19. The van der Waals surface area contributed by atoms with Crippen molar-refractivity contribution in [1.82, 2.24) is 0 Å². The Morgan fingerprint density at radius 3 is 2.54 bits per heavy atom. The lowest BCUT2D eigenvalue weighted by molar-refractivity contribution is 0.0999. The van der Waals surface area contributed by atoms with Crippen LogP contribution in [0, 0.1) is 3.57 Å². The van der Waals surface area contributed by atoms with E-state index < -0.39 is 0 Å². The molecule has 0 saturated carbocycles. The smallest absolute Gasteiger partial charge is 0.249 e. The van der Waals surface area contributed by atoms with Crippen LogP contribution >= 0.6 is 22.6 Å². The van der Waals surface area contributed by atoms with Gasteiger partial charge in [-0.1, -0.05) is 19.9 Å². The summed E-state index contributed by atoms with van der Waals surface area (Å²) >= 11 is 2.11. The molecule has 1 amide bonds. The standard InChI is InChI=1S/C10H12INO/c1-6(2)7-3-4-9(11)8(5-7)10(12)13/h3-6H,1-2H3,(H2,12,13). The molecule has 0 unspecified atom stereocenters. The van der Waals surface area contributed by atoms with Crippen molar-refractivity contribution in [3.05, 3.63) is 32.9 Å². The zero-order valence-corrected chi connectivity index (χ0v) is 9.83. The molecule has 1 aromatic carbocycles. The van der Waals surface area contributed by atoms with Gasteiger partial charge in [0.1, 0.15) is 0 Å². The first-order valence-corrected chi connectivity index (χ1v) is 5.19. The average molecular weight is 289 g/mol. The van der Waals surface area contributed by atoms with Crippen LogP contribution in [0.15, 0.2) is 18.2 Å². The molecule has 1 rings (SSSR count). The number of rotatable bonds is 2. The van der Waals surface area contributed by atoms with Gasteiger partial charge < -0.3 is 5.73 Å². The van der Waals surface area contributed by atoms with E-state index >= 15 is 0 Å². The van der Waals surface area contributed by atoms with E-state index in [0.29, 0.717) is 11.5 Å². The predicted octanol–water partition coefficient (Wildman–Crippen LogP) is 2.51. The second kappa shape index (κ2) is 4.09. The van der Waals surface area contributed by atoms with Crippen LogP contribution in [-0.2, 0) is 0 Å². The number of amides is 1. The Hall–Kier alpha value is -0.580. The molecule has 0 spiro atoms. The Labute approximate surface area is 91.7 Å². The Morgan fingerprint density at radius 2 is 2.08 bits per heavy atom. The summed E-state index contributed by atoms with van der Waals surface area (Å²) in [6.45, 7) is 4.18. The summed E-state index contributed by atoms with van der Waals surface area (Å²) in [5.74, 6) is 0.0713. The Kier molecular flexibility index (Phi) is 3.30. The first-order valence-electron chi connectivity index (χ1n) is 4.11. The van der Waals surface area contributed by atoms with E-state index in [4.69, 9.17) is 5.73 Å². The van der Waals surface area contributed by atoms with Gasteiger partial charge >= 0.3 is 0 Å². The monoisotopic (exact) mass is 289 g/mol. The third kappa shape index (κ3) is 2.43. The van der Waals surface area contributed by atoms with Gasteiger partial charge in [0.05, 0.1) is 5.56 Å². The highest BCUT2D eigenvalue weighted by Gasteiger charge is 2.08. The summed E-state index contributed by atoms with van der Waals surface area (Å²) in [5, 5.41) is 0. The van der Waals surface area contributed by atoms with Crippen LogP contribution in [-0.4, -0.2) is 5.91 Å². The minimum atomic E-state index is -0.355. The van der Waals surface area contributed by atoms with E-state index in [2.05, 4.69) is 36.4 Å². The minimum Gasteiger partial charge on any atom is -0.366 e. The van der Waals surface area contributed by atoms with E-state index in [1.165, 1.54) is 0 Å². The lowest BCUT2D eigenvalue weighted by atomic mass is 10.0. The number of hydrogen-bond acceptors (Lipinski definition) is 1. The van der Waals surface area contributed by atoms with Crippen LogP contribution < -0.4 is 5.73 Å². The maximum absolute atomic E-state index is 11.0. The number of nitrogens with two attached hydrogens (primary N) is 1. The zero-order chi connectivity index (χ0) is 10.0. The van der Waals surface area contributed by atoms with E-state index in [1.54, 1.807) is 0 Å². The van der Waals surface area contributed by atoms with Gasteiger partial charge in [0, 0.05) is 3.57 Å². The average Bonchev–Trinajstić information content (AvgIpc) is 2.04. The molecule has 0 aliphatic carbocycles. The molecule has 0 bridgehead atoms. The van der Waals surface area contributed by atoms with Crippen LogP contribution in [0.5, 0.6) is 0 Å². The lowest BCUT2D eigenvalue weighted by Gasteiger charge is -2.07. The van der Waals surface area contributed by atoms with Crippen molar-refractivity contribution >= 4 is 28.5 Å². The van der Waals surface area contributed by atoms with E-state index in [1.807, 2.05) is 18.2 Å². The molecule has 0 heterocycles. The number of carbonyl (C=O) groups excluding carboxylic acids is 1. The van der Waals surface area contributed by atoms with Crippen LogP contribution in [0.25, 0.3) is 0 Å². The van der Waals surface area contributed by atoms with Gasteiger partial charge in [0.2, 0.25) is 5.91 Å². The zero-order valence-electron chi connectivity index (χ0n) is 7.67. The normalized spacial score (nSPS) is 10.5. The van der Waals surface area contributed by atoms with Crippen molar-refractivity contribution in [2.75, 3.05) is 0 Å². The van der Waals surface area contributed by atoms with E-state index in [9.17, 15) is 4.79 Å². The highest BCUT2D eigenvalue weighted by atomic mass is 127. The number of halogens is 1. The van der Waals surface area contributed by atoms with Crippen molar-refractivity contribution < 1.29 is 4.79 Å². The molecule has 0 radical (unpaired) electrons. The molecular weight excluding hydrogens is 277 g/mol. The molecule has 0 fully saturated rings. The van der Waals surface area contributed by atoms with Gasteiger partial charge in [-0.2, -0.15) is 0 Å². The Bertz CT molecular complexity index is 334. The van der Waals surface area contributed by atoms with Gasteiger partial charge in [-0.15, -0.1) is 0 Å². The first kappa shape index (κ1) is 10.5. The number of primary amides is 1. The van der Waals surface area contributed by atoms with Gasteiger partial charge in [0.15, 0.2) is 0 Å². The number of benzene rings is 1. The van der Waals surface area contributed by atoms with Crippen molar-refractivity contribution in [3.63, 3.8) is 0 Å². The van der Waals surface area contributed by atoms with Crippen molar-refractivity contribution in [2.45, 2.75) is 19.8 Å². The maximum atomic E-state index is 11.0. The third-order valence-corrected chi connectivity index (χ3v) is 2.86.